The standard InChI is InChI=1S/C5H8O7S.Na/c1-12-5(8)3(2-4(6)7)13(9,10)11;/h3H,2H2,1H3,(H,6,7)(H,9,10,11);/q;+1/p-1. The first-order valence-corrected chi connectivity index (χ1v) is 4.53. The average molecular weight is 234 g/mol. The second kappa shape index (κ2) is 6.36. The smallest absolute Gasteiger partial charge is 0.550 e. The number of carbonyl (C=O) groups is 2. The zero-order valence-electron chi connectivity index (χ0n) is 7.59. The van der Waals surface area contributed by atoms with E-state index < -0.39 is 33.7 Å². The summed E-state index contributed by atoms with van der Waals surface area (Å²) < 4.78 is 33.2. The molecule has 1 unspecified atom stereocenters. The SMILES string of the molecule is COC(=O)C(CC(=O)[O-])S(=O)(=O)O.[Na+]. The van der Waals surface area contributed by atoms with Gasteiger partial charge in [0.1, 0.15) is 0 Å². The van der Waals surface area contributed by atoms with Gasteiger partial charge >= 0.3 is 35.5 Å². The van der Waals surface area contributed by atoms with Crippen LogP contribution in [0.15, 0.2) is 0 Å². The van der Waals surface area contributed by atoms with E-state index in [2.05, 4.69) is 4.74 Å². The Kier molecular flexibility index (Phi) is 7.39. The Morgan fingerprint density at radius 1 is 1.50 bits per heavy atom. The van der Waals surface area contributed by atoms with E-state index >= 15 is 0 Å². The molecule has 1 N–H and O–H groups in total. The summed E-state index contributed by atoms with van der Waals surface area (Å²) in [6.07, 6.45) is -1.13. The molecule has 0 spiro atoms. The zero-order chi connectivity index (χ0) is 10.6. The number of esters is 1. The van der Waals surface area contributed by atoms with Crippen molar-refractivity contribution in [2.45, 2.75) is 11.7 Å². The van der Waals surface area contributed by atoms with E-state index in [1.165, 1.54) is 0 Å². The molecule has 0 aliphatic heterocycles. The van der Waals surface area contributed by atoms with Crippen molar-refractivity contribution < 1.29 is 62.0 Å². The fourth-order valence-corrected chi connectivity index (χ4v) is 1.28. The Bertz CT molecular complexity index is 308. The number of hydrogen-bond acceptors (Lipinski definition) is 6. The van der Waals surface area contributed by atoms with Crippen LogP contribution in [0.4, 0.5) is 0 Å². The first-order chi connectivity index (χ1) is 5.79. The Morgan fingerprint density at radius 3 is 2.14 bits per heavy atom. The molecule has 0 aliphatic rings. The predicted octanol–water partition coefficient (Wildman–Crippen LogP) is -5.44. The van der Waals surface area contributed by atoms with Gasteiger partial charge in [-0.15, -0.1) is 0 Å². The molecule has 0 rings (SSSR count). The molecular formula is C5H7NaO7S. The van der Waals surface area contributed by atoms with Crippen LogP contribution in [0.2, 0.25) is 0 Å². The van der Waals surface area contributed by atoms with Gasteiger partial charge in [-0.25, -0.2) is 0 Å². The van der Waals surface area contributed by atoms with Crippen molar-refractivity contribution in [2.24, 2.45) is 0 Å². The van der Waals surface area contributed by atoms with Gasteiger partial charge in [-0.3, -0.25) is 9.35 Å². The molecule has 76 valence electrons. The van der Waals surface area contributed by atoms with Crippen molar-refractivity contribution >= 4 is 22.1 Å². The van der Waals surface area contributed by atoms with Crippen LogP contribution in [0.25, 0.3) is 0 Å². The topological polar surface area (TPSA) is 121 Å². The molecule has 0 bridgehead atoms. The van der Waals surface area contributed by atoms with E-state index in [9.17, 15) is 23.1 Å². The van der Waals surface area contributed by atoms with Gasteiger partial charge < -0.3 is 14.6 Å². The van der Waals surface area contributed by atoms with Gasteiger partial charge in [0.25, 0.3) is 10.1 Å². The molecule has 1 atom stereocenters. The van der Waals surface area contributed by atoms with Crippen molar-refractivity contribution in [2.75, 3.05) is 7.11 Å². The Hall–Kier alpha value is -0.150. The summed E-state index contributed by atoms with van der Waals surface area (Å²) in [5.74, 6) is -3.11. The van der Waals surface area contributed by atoms with Crippen LogP contribution >= 0.6 is 0 Å². The van der Waals surface area contributed by atoms with Crippen LogP contribution in [-0.2, 0) is 24.4 Å². The third-order valence-corrected chi connectivity index (χ3v) is 2.25. The van der Waals surface area contributed by atoms with Crippen molar-refractivity contribution in [1.29, 1.82) is 0 Å². The molecule has 9 heteroatoms. The summed E-state index contributed by atoms with van der Waals surface area (Å²) in [4.78, 5) is 20.6. The van der Waals surface area contributed by atoms with Gasteiger partial charge in [0, 0.05) is 12.4 Å². The van der Waals surface area contributed by atoms with Crippen molar-refractivity contribution in [3.05, 3.63) is 0 Å². The van der Waals surface area contributed by atoms with Gasteiger partial charge in [0.15, 0.2) is 5.25 Å². The van der Waals surface area contributed by atoms with Crippen molar-refractivity contribution in [3.63, 3.8) is 0 Å². The second-order valence-corrected chi connectivity index (χ2v) is 3.70. The minimum atomic E-state index is -4.77. The minimum Gasteiger partial charge on any atom is -0.550 e. The van der Waals surface area contributed by atoms with Crippen molar-refractivity contribution in [1.82, 2.24) is 0 Å². The summed E-state index contributed by atoms with van der Waals surface area (Å²) in [7, 11) is -3.90. The summed E-state index contributed by atoms with van der Waals surface area (Å²) in [6, 6.07) is 0. The number of carboxylic acid groups (broad SMARTS) is 1. The van der Waals surface area contributed by atoms with Gasteiger partial charge in [-0.1, -0.05) is 0 Å². The molecule has 14 heavy (non-hydrogen) atoms. The number of ether oxygens (including phenoxy) is 1. The van der Waals surface area contributed by atoms with Crippen LogP contribution in [0, 0.1) is 0 Å². The summed E-state index contributed by atoms with van der Waals surface area (Å²) in [5.41, 5.74) is 0. The second-order valence-electron chi connectivity index (χ2n) is 2.10. The molecule has 0 aromatic rings. The molecule has 0 radical (unpaired) electrons. The molecule has 0 saturated heterocycles. The number of methoxy groups -OCH3 is 1. The van der Waals surface area contributed by atoms with Gasteiger partial charge in [-0.05, 0) is 0 Å². The molecule has 0 amide bonds. The zero-order valence-corrected chi connectivity index (χ0v) is 10.4. The van der Waals surface area contributed by atoms with Crippen LogP contribution < -0.4 is 34.7 Å². The molecule has 0 fully saturated rings. The van der Waals surface area contributed by atoms with Gasteiger partial charge in [0.05, 0.1) is 7.11 Å². The maximum absolute atomic E-state index is 10.6. The van der Waals surface area contributed by atoms with Crippen LogP contribution in [0.1, 0.15) is 6.42 Å². The summed E-state index contributed by atoms with van der Waals surface area (Å²) >= 11 is 0. The first kappa shape index (κ1) is 16.3. The van der Waals surface area contributed by atoms with Crippen LogP contribution in [0.5, 0.6) is 0 Å². The average Bonchev–Trinajstić information content (AvgIpc) is 1.96. The minimum absolute atomic E-state index is 0. The maximum atomic E-state index is 10.6. The number of rotatable bonds is 4. The van der Waals surface area contributed by atoms with E-state index in [-0.39, 0.29) is 29.6 Å². The van der Waals surface area contributed by atoms with E-state index in [0.29, 0.717) is 0 Å². The number of carbonyl (C=O) groups excluding carboxylic acids is 2. The number of carboxylic acids is 1. The van der Waals surface area contributed by atoms with Crippen LogP contribution in [-0.4, -0.2) is 37.3 Å². The molecule has 7 nitrogen and oxygen atoms in total. The van der Waals surface area contributed by atoms with E-state index in [1.54, 1.807) is 0 Å². The molecule has 0 aliphatic carbocycles. The monoisotopic (exact) mass is 234 g/mol. The number of aliphatic carboxylic acids is 1. The predicted molar refractivity (Wildman–Crippen MR) is 37.0 cm³/mol. The van der Waals surface area contributed by atoms with Crippen LogP contribution in [0.3, 0.4) is 0 Å². The Balaban J connectivity index is 0. The third kappa shape index (κ3) is 5.55. The fourth-order valence-electron chi connectivity index (χ4n) is 0.593. The summed E-state index contributed by atoms with van der Waals surface area (Å²) in [6.45, 7) is 0. The van der Waals surface area contributed by atoms with Gasteiger partial charge in [-0.2, -0.15) is 8.42 Å². The Morgan fingerprint density at radius 2 is 1.93 bits per heavy atom. The molecular weight excluding hydrogens is 227 g/mol. The largest absolute Gasteiger partial charge is 1.00 e. The van der Waals surface area contributed by atoms with Crippen molar-refractivity contribution in [3.8, 4) is 0 Å². The molecule has 0 aromatic heterocycles. The Labute approximate surface area is 102 Å². The molecule has 0 saturated carbocycles. The third-order valence-electron chi connectivity index (χ3n) is 1.18. The molecule has 0 heterocycles. The maximum Gasteiger partial charge on any atom is 1.00 e. The molecule has 0 aromatic carbocycles. The normalized spacial score (nSPS) is 12.4. The summed E-state index contributed by atoms with van der Waals surface area (Å²) in [5, 5.41) is 7.86. The first-order valence-electron chi connectivity index (χ1n) is 3.03. The van der Waals surface area contributed by atoms with E-state index in [0.717, 1.165) is 7.11 Å². The number of hydrogen-bond donors (Lipinski definition) is 1. The quantitative estimate of drug-likeness (QED) is 0.292. The van der Waals surface area contributed by atoms with Gasteiger partial charge in [0.2, 0.25) is 0 Å². The fraction of sp³-hybridized carbons (Fsp3) is 0.600. The van der Waals surface area contributed by atoms with E-state index in [4.69, 9.17) is 4.55 Å². The van der Waals surface area contributed by atoms with E-state index in [1.807, 2.05) is 0 Å².